The molecular weight excluding hydrogens is 216 g/mol. The van der Waals surface area contributed by atoms with E-state index in [0.717, 1.165) is 18.4 Å². The predicted molar refractivity (Wildman–Crippen MR) is 63.8 cm³/mol. The van der Waals surface area contributed by atoms with Crippen LogP contribution in [0.15, 0.2) is 30.3 Å². The molecule has 2 rings (SSSR count). The molecule has 0 aromatic heterocycles. The smallest absolute Gasteiger partial charge is 0.317 e. The second-order valence-corrected chi connectivity index (χ2v) is 4.93. The number of carbonyl (C=O) groups is 2. The summed E-state index contributed by atoms with van der Waals surface area (Å²) in [6, 6.07) is 9.50. The third-order valence-electron chi connectivity index (χ3n) is 4.17. The van der Waals surface area contributed by atoms with Gasteiger partial charge in [-0.25, -0.2) is 0 Å². The van der Waals surface area contributed by atoms with Crippen LogP contribution in [0.2, 0.25) is 0 Å². The first kappa shape index (κ1) is 11.8. The number of carboxylic acid groups (broad SMARTS) is 1. The van der Waals surface area contributed by atoms with Crippen LogP contribution < -0.4 is 0 Å². The van der Waals surface area contributed by atoms with Crippen molar-refractivity contribution in [1.29, 1.82) is 0 Å². The first-order valence-electron chi connectivity index (χ1n) is 5.75. The molecule has 1 unspecified atom stereocenters. The minimum Gasteiger partial charge on any atom is -0.480 e. The monoisotopic (exact) mass is 232 g/mol. The Kier molecular flexibility index (Phi) is 2.57. The van der Waals surface area contributed by atoms with E-state index < -0.39 is 16.8 Å². The molecule has 90 valence electrons. The molecule has 0 bridgehead atoms. The van der Waals surface area contributed by atoms with Crippen molar-refractivity contribution in [3.63, 3.8) is 0 Å². The van der Waals surface area contributed by atoms with Crippen LogP contribution in [0.4, 0.5) is 0 Å². The molecule has 1 saturated carbocycles. The van der Waals surface area contributed by atoms with Gasteiger partial charge in [0.25, 0.3) is 0 Å². The third kappa shape index (κ3) is 1.49. The SMILES string of the molecule is CC(=O)C(C)(C(=O)O)C1(c2ccccc2)CC1. The van der Waals surface area contributed by atoms with Gasteiger partial charge in [-0.1, -0.05) is 30.3 Å². The number of ketones is 1. The van der Waals surface area contributed by atoms with Gasteiger partial charge in [0.15, 0.2) is 0 Å². The lowest BCUT2D eigenvalue weighted by atomic mass is 9.68. The average molecular weight is 232 g/mol. The molecule has 1 aliphatic carbocycles. The number of carbonyl (C=O) groups excluding carboxylic acids is 1. The summed E-state index contributed by atoms with van der Waals surface area (Å²) in [5, 5.41) is 9.42. The first-order valence-corrected chi connectivity index (χ1v) is 5.75. The lowest BCUT2D eigenvalue weighted by Gasteiger charge is -2.32. The molecule has 0 amide bonds. The van der Waals surface area contributed by atoms with E-state index in [1.807, 2.05) is 30.3 Å². The van der Waals surface area contributed by atoms with Crippen LogP contribution in [0.1, 0.15) is 32.3 Å². The maximum Gasteiger partial charge on any atom is 0.317 e. The summed E-state index contributed by atoms with van der Waals surface area (Å²) in [5.74, 6) is -1.29. The molecule has 17 heavy (non-hydrogen) atoms. The standard InChI is InChI=1S/C14H16O3/c1-10(15)13(2,12(16)17)14(8-9-14)11-6-4-3-5-7-11/h3-7H,8-9H2,1-2H3,(H,16,17). The Hall–Kier alpha value is -1.64. The van der Waals surface area contributed by atoms with E-state index in [1.165, 1.54) is 6.92 Å². The van der Waals surface area contributed by atoms with E-state index in [4.69, 9.17) is 0 Å². The molecule has 1 N–H and O–H groups in total. The molecule has 3 nitrogen and oxygen atoms in total. The van der Waals surface area contributed by atoms with E-state index in [1.54, 1.807) is 6.92 Å². The Morgan fingerprint density at radius 2 is 1.76 bits per heavy atom. The molecule has 1 fully saturated rings. The molecule has 1 aliphatic rings. The van der Waals surface area contributed by atoms with Crippen molar-refractivity contribution >= 4 is 11.8 Å². The molecule has 0 aliphatic heterocycles. The normalized spacial score (nSPS) is 20.4. The number of Topliss-reactive ketones (excluding diaryl/α,β-unsaturated/α-hetero) is 1. The van der Waals surface area contributed by atoms with Gasteiger partial charge in [0.2, 0.25) is 0 Å². The maximum absolute atomic E-state index is 11.8. The second kappa shape index (κ2) is 3.69. The van der Waals surface area contributed by atoms with E-state index in [2.05, 4.69) is 0 Å². The van der Waals surface area contributed by atoms with Crippen molar-refractivity contribution in [2.75, 3.05) is 0 Å². The zero-order valence-corrected chi connectivity index (χ0v) is 10.1. The molecule has 1 atom stereocenters. The molecule has 0 heterocycles. The minimum absolute atomic E-state index is 0.272. The summed E-state index contributed by atoms with van der Waals surface area (Å²) in [6.45, 7) is 2.93. The lowest BCUT2D eigenvalue weighted by molar-refractivity contribution is -0.155. The summed E-state index contributed by atoms with van der Waals surface area (Å²) in [6.07, 6.45) is 1.53. The molecule has 0 radical (unpaired) electrons. The van der Waals surface area contributed by atoms with Crippen molar-refractivity contribution in [1.82, 2.24) is 0 Å². The van der Waals surface area contributed by atoms with Gasteiger partial charge in [0.1, 0.15) is 11.2 Å². The van der Waals surface area contributed by atoms with Gasteiger partial charge in [0.05, 0.1) is 0 Å². The predicted octanol–water partition coefficient (Wildman–Crippen LogP) is 2.40. The zero-order valence-electron chi connectivity index (χ0n) is 10.1. The summed E-state index contributed by atoms with van der Waals surface area (Å²) in [5.41, 5.74) is -0.861. The van der Waals surface area contributed by atoms with Crippen LogP contribution >= 0.6 is 0 Å². The fourth-order valence-electron chi connectivity index (χ4n) is 2.65. The molecule has 1 aromatic rings. The molecule has 0 saturated heterocycles. The van der Waals surface area contributed by atoms with Gasteiger partial charge >= 0.3 is 5.97 Å². The Morgan fingerprint density at radius 3 is 2.12 bits per heavy atom. The van der Waals surface area contributed by atoms with Crippen LogP contribution in [0, 0.1) is 5.41 Å². The van der Waals surface area contributed by atoms with Crippen LogP contribution in [0.5, 0.6) is 0 Å². The van der Waals surface area contributed by atoms with Crippen LogP contribution in [0.25, 0.3) is 0 Å². The largest absolute Gasteiger partial charge is 0.480 e. The number of rotatable bonds is 4. The van der Waals surface area contributed by atoms with Crippen molar-refractivity contribution < 1.29 is 14.7 Å². The average Bonchev–Trinajstić information content (AvgIpc) is 3.10. The number of benzene rings is 1. The third-order valence-corrected chi connectivity index (χ3v) is 4.17. The highest BCUT2D eigenvalue weighted by atomic mass is 16.4. The summed E-state index contributed by atoms with van der Waals surface area (Å²) >= 11 is 0. The van der Waals surface area contributed by atoms with E-state index in [9.17, 15) is 14.7 Å². The fraction of sp³-hybridized carbons (Fsp3) is 0.429. The molecule has 3 heteroatoms. The van der Waals surface area contributed by atoms with E-state index in [0.29, 0.717) is 0 Å². The Balaban J connectivity index is 2.52. The molecule has 0 spiro atoms. The van der Waals surface area contributed by atoms with E-state index in [-0.39, 0.29) is 5.78 Å². The van der Waals surface area contributed by atoms with Crippen LogP contribution in [-0.4, -0.2) is 16.9 Å². The highest BCUT2D eigenvalue weighted by Crippen LogP contribution is 2.60. The Morgan fingerprint density at radius 1 is 1.24 bits per heavy atom. The van der Waals surface area contributed by atoms with Crippen molar-refractivity contribution in [3.05, 3.63) is 35.9 Å². The highest BCUT2D eigenvalue weighted by Gasteiger charge is 2.64. The molecular formula is C14H16O3. The highest BCUT2D eigenvalue weighted by molar-refractivity contribution is 6.04. The summed E-state index contributed by atoms with van der Waals surface area (Å²) in [4.78, 5) is 23.3. The summed E-state index contributed by atoms with van der Waals surface area (Å²) in [7, 11) is 0. The zero-order chi connectivity index (χ0) is 12.7. The Labute approximate surface area is 100 Å². The number of carboxylic acids is 1. The quantitative estimate of drug-likeness (QED) is 0.811. The van der Waals surface area contributed by atoms with Crippen LogP contribution in [0.3, 0.4) is 0 Å². The number of aliphatic carboxylic acids is 1. The second-order valence-electron chi connectivity index (χ2n) is 4.93. The van der Waals surface area contributed by atoms with Crippen molar-refractivity contribution in [3.8, 4) is 0 Å². The summed E-state index contributed by atoms with van der Waals surface area (Å²) < 4.78 is 0. The lowest BCUT2D eigenvalue weighted by Crippen LogP contribution is -2.45. The van der Waals surface area contributed by atoms with Gasteiger partial charge < -0.3 is 5.11 Å². The van der Waals surface area contributed by atoms with Gasteiger partial charge in [-0.2, -0.15) is 0 Å². The number of hydrogen-bond acceptors (Lipinski definition) is 2. The van der Waals surface area contributed by atoms with Gasteiger partial charge in [-0.05, 0) is 32.3 Å². The Bertz CT molecular complexity index is 444. The van der Waals surface area contributed by atoms with Crippen molar-refractivity contribution in [2.45, 2.75) is 32.1 Å². The van der Waals surface area contributed by atoms with E-state index >= 15 is 0 Å². The fourth-order valence-corrected chi connectivity index (χ4v) is 2.65. The van der Waals surface area contributed by atoms with Gasteiger partial charge in [0, 0.05) is 5.41 Å². The number of hydrogen-bond donors (Lipinski definition) is 1. The first-order chi connectivity index (χ1) is 7.95. The van der Waals surface area contributed by atoms with Gasteiger partial charge in [-0.15, -0.1) is 0 Å². The minimum atomic E-state index is -1.31. The maximum atomic E-state index is 11.8. The topological polar surface area (TPSA) is 54.4 Å². The molecule has 1 aromatic carbocycles. The van der Waals surface area contributed by atoms with Crippen LogP contribution in [-0.2, 0) is 15.0 Å². The van der Waals surface area contributed by atoms with Crippen molar-refractivity contribution in [2.24, 2.45) is 5.41 Å². The van der Waals surface area contributed by atoms with Gasteiger partial charge in [-0.3, -0.25) is 9.59 Å².